The van der Waals surface area contributed by atoms with Crippen LogP contribution in [0.2, 0.25) is 5.02 Å². The van der Waals surface area contributed by atoms with Gasteiger partial charge in [-0.1, -0.05) is 23.7 Å². The second-order valence-corrected chi connectivity index (χ2v) is 10.3. The van der Waals surface area contributed by atoms with Gasteiger partial charge in [0.05, 0.1) is 47.9 Å². The summed E-state index contributed by atoms with van der Waals surface area (Å²) in [5.41, 5.74) is 2.53. The van der Waals surface area contributed by atoms with E-state index in [1.807, 2.05) is 0 Å². The predicted molar refractivity (Wildman–Crippen MR) is 145 cm³/mol. The number of fused-ring (bicyclic) bond motifs is 2. The van der Waals surface area contributed by atoms with E-state index in [0.29, 0.717) is 47.0 Å². The normalized spacial score (nSPS) is 16.5. The van der Waals surface area contributed by atoms with Crippen LogP contribution in [0.3, 0.4) is 0 Å². The first kappa shape index (κ1) is 29.3. The molecule has 0 saturated carbocycles. The Balaban J connectivity index is 1.26. The van der Waals surface area contributed by atoms with Crippen molar-refractivity contribution in [2.45, 2.75) is 44.3 Å². The number of nitrogens with zero attached hydrogens (tertiary/aromatic N) is 1. The Bertz CT molecular complexity index is 1480. The molecule has 2 aliphatic heterocycles. The SMILES string of the molecule is O=C1CCC(=O)OC2(CNCCc3c2ccc(Cl)c3NCc2ccc(C(=O)NCc3ccc(C(F)(F)F)cn3)cc2)O1. The number of benzene rings is 2. The van der Waals surface area contributed by atoms with Crippen molar-refractivity contribution in [3.8, 4) is 0 Å². The molecule has 2 aromatic carbocycles. The van der Waals surface area contributed by atoms with E-state index >= 15 is 0 Å². The number of alkyl halides is 3. The minimum absolute atomic E-state index is 0.0289. The molecule has 0 unspecified atom stereocenters. The molecular weight excluding hydrogens is 577 g/mol. The highest BCUT2D eigenvalue weighted by Crippen LogP contribution is 2.40. The maximum absolute atomic E-state index is 12.7. The fourth-order valence-corrected chi connectivity index (χ4v) is 5.04. The first-order chi connectivity index (χ1) is 20.0. The van der Waals surface area contributed by atoms with Crippen LogP contribution < -0.4 is 16.0 Å². The minimum atomic E-state index is -4.48. The Morgan fingerprint density at radius 3 is 2.33 bits per heavy atom. The fraction of sp³-hybridized carbons (Fsp3) is 0.310. The number of carbonyl (C=O) groups is 3. The summed E-state index contributed by atoms with van der Waals surface area (Å²) in [5.74, 6) is -3.06. The zero-order valence-electron chi connectivity index (χ0n) is 22.1. The van der Waals surface area contributed by atoms with Crippen LogP contribution in [0.25, 0.3) is 0 Å². The number of carbonyl (C=O) groups excluding carboxylic acids is 3. The van der Waals surface area contributed by atoms with Gasteiger partial charge in [0.1, 0.15) is 0 Å². The van der Waals surface area contributed by atoms with Crippen LogP contribution in [-0.2, 0) is 50.5 Å². The number of amides is 1. The van der Waals surface area contributed by atoms with E-state index in [0.717, 1.165) is 23.4 Å². The summed E-state index contributed by atoms with van der Waals surface area (Å²) in [6, 6.07) is 12.3. The molecule has 1 spiro atoms. The summed E-state index contributed by atoms with van der Waals surface area (Å²) in [6.07, 6.45) is -3.34. The molecule has 220 valence electrons. The molecule has 3 aromatic rings. The molecule has 1 amide bonds. The summed E-state index contributed by atoms with van der Waals surface area (Å²) in [4.78, 5) is 41.0. The van der Waals surface area contributed by atoms with Gasteiger partial charge < -0.3 is 25.4 Å². The molecule has 3 heterocycles. The third-order valence-electron chi connectivity index (χ3n) is 6.94. The molecule has 42 heavy (non-hydrogen) atoms. The first-order valence-corrected chi connectivity index (χ1v) is 13.5. The number of halogens is 4. The monoisotopic (exact) mass is 602 g/mol. The molecule has 13 heteroatoms. The van der Waals surface area contributed by atoms with Crippen LogP contribution >= 0.6 is 11.6 Å². The summed E-state index contributed by atoms with van der Waals surface area (Å²) in [5, 5.41) is 9.58. The van der Waals surface area contributed by atoms with Crippen LogP contribution in [0, 0.1) is 0 Å². The predicted octanol–water partition coefficient (Wildman–Crippen LogP) is 4.47. The Hall–Kier alpha value is -4.16. The number of anilines is 1. The summed E-state index contributed by atoms with van der Waals surface area (Å²) >= 11 is 6.57. The summed E-state index contributed by atoms with van der Waals surface area (Å²) < 4.78 is 49.5. The van der Waals surface area contributed by atoms with Crippen LogP contribution in [0.5, 0.6) is 0 Å². The van der Waals surface area contributed by atoms with Gasteiger partial charge in [0.25, 0.3) is 11.7 Å². The topological polar surface area (TPSA) is 119 Å². The highest BCUT2D eigenvalue weighted by molar-refractivity contribution is 6.33. The van der Waals surface area contributed by atoms with Gasteiger partial charge in [-0.2, -0.15) is 13.2 Å². The number of nitrogens with one attached hydrogen (secondary N) is 3. The van der Waals surface area contributed by atoms with Gasteiger partial charge in [0.15, 0.2) is 0 Å². The maximum Gasteiger partial charge on any atom is 0.417 e. The van der Waals surface area contributed by atoms with E-state index in [2.05, 4.69) is 20.9 Å². The Labute approximate surface area is 243 Å². The molecular formula is C29H26ClF3N4O5. The van der Waals surface area contributed by atoms with Crippen molar-refractivity contribution in [3.05, 3.63) is 93.3 Å². The number of pyridine rings is 1. The van der Waals surface area contributed by atoms with Crippen molar-refractivity contribution in [3.63, 3.8) is 0 Å². The van der Waals surface area contributed by atoms with Crippen LogP contribution in [0.4, 0.5) is 18.9 Å². The van der Waals surface area contributed by atoms with Gasteiger partial charge in [-0.25, -0.2) is 0 Å². The standard InChI is InChI=1S/C29H26ClF3N4O5/c30-23-8-7-22-21(11-12-34-16-28(22)41-24(38)9-10-25(39)42-28)26(23)36-13-17-1-3-18(4-2-17)27(40)37-15-20-6-5-19(14-35-20)29(31,32)33/h1-8,14,34,36H,9-13,15-16H2,(H,37,40). The van der Waals surface area contributed by atoms with Crippen molar-refractivity contribution >= 4 is 35.1 Å². The van der Waals surface area contributed by atoms with E-state index in [1.54, 1.807) is 36.4 Å². The smallest absolute Gasteiger partial charge is 0.416 e. The zero-order valence-corrected chi connectivity index (χ0v) is 22.9. The Kier molecular flexibility index (Phi) is 8.37. The van der Waals surface area contributed by atoms with E-state index in [4.69, 9.17) is 21.1 Å². The number of esters is 2. The van der Waals surface area contributed by atoms with Gasteiger partial charge in [-0.15, -0.1) is 0 Å². The number of ether oxygens (including phenoxy) is 2. The van der Waals surface area contributed by atoms with E-state index in [-0.39, 0.29) is 25.9 Å². The molecule has 0 atom stereocenters. The molecule has 5 rings (SSSR count). The first-order valence-electron chi connectivity index (χ1n) is 13.1. The molecule has 1 fully saturated rings. The Morgan fingerprint density at radius 1 is 0.976 bits per heavy atom. The maximum atomic E-state index is 12.7. The van der Waals surface area contributed by atoms with Crippen molar-refractivity contribution in [1.82, 2.24) is 15.6 Å². The molecule has 9 nitrogen and oxygen atoms in total. The summed E-state index contributed by atoms with van der Waals surface area (Å²) in [6.45, 7) is 0.952. The quantitative estimate of drug-likeness (QED) is 0.354. The lowest BCUT2D eigenvalue weighted by Crippen LogP contribution is -2.43. The van der Waals surface area contributed by atoms with Crippen LogP contribution in [0.15, 0.2) is 54.7 Å². The van der Waals surface area contributed by atoms with Gasteiger partial charge in [-0.05, 0) is 60.5 Å². The van der Waals surface area contributed by atoms with Crippen molar-refractivity contribution in [2.24, 2.45) is 0 Å². The van der Waals surface area contributed by atoms with Gasteiger partial charge in [0, 0.05) is 23.9 Å². The van der Waals surface area contributed by atoms with E-state index in [9.17, 15) is 27.6 Å². The molecule has 0 radical (unpaired) electrons. The van der Waals surface area contributed by atoms with Crippen LogP contribution in [0.1, 0.15) is 51.1 Å². The highest BCUT2D eigenvalue weighted by atomic mass is 35.5. The number of hydrogen-bond acceptors (Lipinski definition) is 8. The van der Waals surface area contributed by atoms with E-state index in [1.165, 1.54) is 6.07 Å². The van der Waals surface area contributed by atoms with E-state index < -0.39 is 35.4 Å². The molecule has 3 N–H and O–H groups in total. The average molecular weight is 603 g/mol. The highest BCUT2D eigenvalue weighted by Gasteiger charge is 2.46. The lowest BCUT2D eigenvalue weighted by Gasteiger charge is -2.32. The lowest BCUT2D eigenvalue weighted by molar-refractivity contribution is -0.225. The third-order valence-corrected chi connectivity index (χ3v) is 7.26. The fourth-order valence-electron chi connectivity index (χ4n) is 4.80. The molecule has 2 aliphatic rings. The number of hydrogen-bond donors (Lipinski definition) is 3. The molecule has 0 aliphatic carbocycles. The minimum Gasteiger partial charge on any atom is -0.416 e. The van der Waals surface area contributed by atoms with Gasteiger partial charge in [0.2, 0.25) is 0 Å². The largest absolute Gasteiger partial charge is 0.417 e. The second kappa shape index (κ2) is 12.0. The average Bonchev–Trinajstić information content (AvgIpc) is 3.22. The van der Waals surface area contributed by atoms with Crippen molar-refractivity contribution < 1.29 is 37.0 Å². The number of rotatable bonds is 6. The van der Waals surface area contributed by atoms with Gasteiger partial charge in [-0.3, -0.25) is 19.4 Å². The second-order valence-electron chi connectivity index (χ2n) is 9.85. The van der Waals surface area contributed by atoms with Gasteiger partial charge >= 0.3 is 18.1 Å². The van der Waals surface area contributed by atoms with Crippen molar-refractivity contribution in [1.29, 1.82) is 0 Å². The summed E-state index contributed by atoms with van der Waals surface area (Å²) in [7, 11) is 0. The third kappa shape index (κ3) is 6.50. The number of aromatic nitrogens is 1. The zero-order chi connectivity index (χ0) is 29.9. The lowest BCUT2D eigenvalue weighted by atomic mass is 9.96. The Morgan fingerprint density at radius 2 is 1.69 bits per heavy atom. The van der Waals surface area contributed by atoms with Crippen molar-refractivity contribution in [2.75, 3.05) is 18.4 Å². The molecule has 0 bridgehead atoms. The molecule has 1 aromatic heterocycles. The van der Waals surface area contributed by atoms with Crippen LogP contribution in [-0.4, -0.2) is 35.9 Å². The molecule has 1 saturated heterocycles.